The lowest BCUT2D eigenvalue weighted by Crippen LogP contribution is -2.21. The van der Waals surface area contributed by atoms with Crippen molar-refractivity contribution in [1.29, 1.82) is 0 Å². The van der Waals surface area contributed by atoms with Crippen molar-refractivity contribution in [2.45, 2.75) is 13.0 Å². The number of hydrogen-bond acceptors (Lipinski definition) is 3. The highest BCUT2D eigenvalue weighted by atomic mass is 16.6. The van der Waals surface area contributed by atoms with Crippen LogP contribution in [0.5, 0.6) is 0 Å². The molecule has 0 aliphatic carbocycles. The normalized spacial score (nSPS) is 11.8. The van der Waals surface area contributed by atoms with Crippen molar-refractivity contribution in [3.63, 3.8) is 0 Å². The Morgan fingerprint density at radius 3 is 2.37 bits per heavy atom. The Bertz CT molecular complexity index is 555. The second kappa shape index (κ2) is 6.00. The molecule has 2 aromatic carbocycles. The number of benzene rings is 2. The number of para-hydroxylation sites is 1. The van der Waals surface area contributed by atoms with Crippen molar-refractivity contribution in [2.75, 3.05) is 11.9 Å². The smallest absolute Gasteiger partial charge is 0.227 e. The minimum atomic E-state index is -0.321. The maximum absolute atomic E-state index is 10.9. The summed E-state index contributed by atoms with van der Waals surface area (Å²) in [6.45, 7) is 1.83. The zero-order valence-corrected chi connectivity index (χ0v) is 10.7. The fourth-order valence-corrected chi connectivity index (χ4v) is 2.08. The molecule has 19 heavy (non-hydrogen) atoms. The maximum Gasteiger partial charge on any atom is 0.227 e. The summed E-state index contributed by atoms with van der Waals surface area (Å²) in [6.07, 6.45) is 0. The van der Waals surface area contributed by atoms with Gasteiger partial charge in [0.1, 0.15) is 6.04 Å². The SMILES string of the molecule is Cc1ccccc1C(C[N+](=O)[O-])Nc1ccccc1. The van der Waals surface area contributed by atoms with Crippen LogP contribution in [0.4, 0.5) is 5.69 Å². The highest BCUT2D eigenvalue weighted by molar-refractivity contribution is 5.46. The van der Waals surface area contributed by atoms with E-state index in [1.807, 2.05) is 61.5 Å². The van der Waals surface area contributed by atoms with Crippen LogP contribution in [-0.2, 0) is 0 Å². The van der Waals surface area contributed by atoms with Gasteiger partial charge < -0.3 is 5.32 Å². The molecule has 0 heterocycles. The molecular formula is C15H16N2O2. The molecule has 0 aliphatic heterocycles. The number of nitrogens with zero attached hydrogens (tertiary/aromatic N) is 1. The summed E-state index contributed by atoms with van der Waals surface area (Å²) in [7, 11) is 0. The Morgan fingerprint density at radius 2 is 1.74 bits per heavy atom. The Labute approximate surface area is 112 Å². The molecule has 0 aromatic heterocycles. The van der Waals surface area contributed by atoms with Crippen molar-refractivity contribution < 1.29 is 4.92 Å². The van der Waals surface area contributed by atoms with E-state index < -0.39 is 0 Å². The van der Waals surface area contributed by atoms with Gasteiger partial charge in [0.2, 0.25) is 6.54 Å². The molecule has 0 amide bonds. The minimum Gasteiger partial charge on any atom is -0.372 e. The molecule has 1 unspecified atom stereocenters. The van der Waals surface area contributed by atoms with Gasteiger partial charge in [-0.25, -0.2) is 0 Å². The van der Waals surface area contributed by atoms with E-state index in [1.165, 1.54) is 0 Å². The highest BCUT2D eigenvalue weighted by Crippen LogP contribution is 2.22. The Balaban J connectivity index is 2.26. The van der Waals surface area contributed by atoms with Crippen molar-refractivity contribution >= 4 is 5.69 Å². The Hall–Kier alpha value is -2.36. The zero-order chi connectivity index (χ0) is 13.7. The number of nitro groups is 1. The molecule has 0 saturated heterocycles. The fraction of sp³-hybridized carbons (Fsp3) is 0.200. The third kappa shape index (κ3) is 3.55. The summed E-state index contributed by atoms with van der Waals surface area (Å²) in [5.74, 6) is 0. The van der Waals surface area contributed by atoms with Crippen LogP contribution in [0.3, 0.4) is 0 Å². The van der Waals surface area contributed by atoms with Crippen LogP contribution in [0, 0.1) is 17.0 Å². The Morgan fingerprint density at radius 1 is 1.11 bits per heavy atom. The first-order valence-corrected chi connectivity index (χ1v) is 6.16. The van der Waals surface area contributed by atoms with E-state index in [0.717, 1.165) is 16.8 Å². The molecule has 0 saturated carbocycles. The van der Waals surface area contributed by atoms with Gasteiger partial charge in [0.25, 0.3) is 0 Å². The summed E-state index contributed by atoms with van der Waals surface area (Å²) >= 11 is 0. The standard InChI is InChI=1S/C15H16N2O2/c1-12-7-5-6-10-14(12)15(11-17(18)19)16-13-8-3-2-4-9-13/h2-10,15-16H,11H2,1H3. The average molecular weight is 256 g/mol. The number of nitrogens with one attached hydrogen (secondary N) is 1. The predicted octanol–water partition coefficient (Wildman–Crippen LogP) is 3.42. The largest absolute Gasteiger partial charge is 0.372 e. The summed E-state index contributed by atoms with van der Waals surface area (Å²) < 4.78 is 0. The highest BCUT2D eigenvalue weighted by Gasteiger charge is 2.19. The lowest BCUT2D eigenvalue weighted by atomic mass is 10.0. The predicted molar refractivity (Wildman–Crippen MR) is 75.8 cm³/mol. The lowest BCUT2D eigenvalue weighted by Gasteiger charge is -2.18. The summed E-state index contributed by atoms with van der Waals surface area (Å²) in [5, 5.41) is 14.1. The topological polar surface area (TPSA) is 55.2 Å². The molecule has 4 nitrogen and oxygen atoms in total. The van der Waals surface area contributed by atoms with Gasteiger partial charge in [-0.05, 0) is 30.2 Å². The molecule has 0 spiro atoms. The molecule has 4 heteroatoms. The van der Waals surface area contributed by atoms with Crippen LogP contribution < -0.4 is 5.32 Å². The number of hydrogen-bond donors (Lipinski definition) is 1. The van der Waals surface area contributed by atoms with Crippen LogP contribution in [0.2, 0.25) is 0 Å². The molecule has 0 radical (unpaired) electrons. The van der Waals surface area contributed by atoms with E-state index in [9.17, 15) is 10.1 Å². The maximum atomic E-state index is 10.9. The van der Waals surface area contributed by atoms with E-state index in [2.05, 4.69) is 5.32 Å². The molecule has 1 N–H and O–H groups in total. The quantitative estimate of drug-likeness (QED) is 0.658. The van der Waals surface area contributed by atoms with Crippen molar-refractivity contribution in [3.8, 4) is 0 Å². The van der Waals surface area contributed by atoms with Gasteiger partial charge in [0.05, 0.1) is 0 Å². The first-order chi connectivity index (χ1) is 9.16. The van der Waals surface area contributed by atoms with Gasteiger partial charge in [-0.2, -0.15) is 0 Å². The van der Waals surface area contributed by atoms with E-state index in [-0.39, 0.29) is 17.5 Å². The van der Waals surface area contributed by atoms with Gasteiger partial charge in [0.15, 0.2) is 0 Å². The third-order valence-corrected chi connectivity index (χ3v) is 3.01. The molecular weight excluding hydrogens is 240 g/mol. The van der Waals surface area contributed by atoms with Crippen molar-refractivity contribution in [3.05, 3.63) is 75.8 Å². The van der Waals surface area contributed by atoms with E-state index in [4.69, 9.17) is 0 Å². The fourth-order valence-electron chi connectivity index (χ4n) is 2.08. The monoisotopic (exact) mass is 256 g/mol. The number of rotatable bonds is 5. The lowest BCUT2D eigenvalue weighted by molar-refractivity contribution is -0.482. The molecule has 98 valence electrons. The molecule has 0 bridgehead atoms. The van der Waals surface area contributed by atoms with Gasteiger partial charge >= 0.3 is 0 Å². The van der Waals surface area contributed by atoms with Gasteiger partial charge in [0, 0.05) is 10.6 Å². The molecule has 0 fully saturated rings. The molecule has 2 aromatic rings. The number of anilines is 1. The molecule has 0 aliphatic rings. The second-order valence-corrected chi connectivity index (χ2v) is 4.43. The summed E-state index contributed by atoms with van der Waals surface area (Å²) in [6, 6.07) is 17.0. The van der Waals surface area contributed by atoms with Crippen LogP contribution in [0.25, 0.3) is 0 Å². The van der Waals surface area contributed by atoms with Crippen LogP contribution >= 0.6 is 0 Å². The zero-order valence-electron chi connectivity index (χ0n) is 10.7. The van der Waals surface area contributed by atoms with Crippen LogP contribution in [0.1, 0.15) is 17.2 Å². The van der Waals surface area contributed by atoms with Gasteiger partial charge in [-0.15, -0.1) is 0 Å². The van der Waals surface area contributed by atoms with Crippen LogP contribution in [0.15, 0.2) is 54.6 Å². The van der Waals surface area contributed by atoms with Gasteiger partial charge in [-0.3, -0.25) is 10.1 Å². The van der Waals surface area contributed by atoms with E-state index >= 15 is 0 Å². The minimum absolute atomic E-state index is 0.139. The van der Waals surface area contributed by atoms with E-state index in [0.29, 0.717) is 0 Å². The van der Waals surface area contributed by atoms with Crippen LogP contribution in [-0.4, -0.2) is 11.5 Å². The first kappa shape index (κ1) is 13.1. The molecule has 1 atom stereocenters. The second-order valence-electron chi connectivity index (χ2n) is 4.43. The van der Waals surface area contributed by atoms with Crippen molar-refractivity contribution in [2.24, 2.45) is 0 Å². The summed E-state index contributed by atoms with van der Waals surface area (Å²) in [4.78, 5) is 10.6. The third-order valence-electron chi connectivity index (χ3n) is 3.01. The van der Waals surface area contributed by atoms with Gasteiger partial charge in [-0.1, -0.05) is 42.5 Å². The molecule has 2 rings (SSSR count). The van der Waals surface area contributed by atoms with Crippen molar-refractivity contribution in [1.82, 2.24) is 0 Å². The van der Waals surface area contributed by atoms with E-state index in [1.54, 1.807) is 0 Å². The number of aryl methyl sites for hydroxylation is 1. The first-order valence-electron chi connectivity index (χ1n) is 6.16. The average Bonchev–Trinajstić information content (AvgIpc) is 2.39. The summed E-state index contributed by atoms with van der Waals surface area (Å²) in [5.41, 5.74) is 2.90. The Kier molecular flexibility index (Phi) is 4.13.